The number of carbonyl (C=O) groups is 1. The number of hydrogen-bond donors (Lipinski definition) is 1. The van der Waals surface area contributed by atoms with Gasteiger partial charge in [-0.1, -0.05) is 24.3 Å². The van der Waals surface area contributed by atoms with Crippen LogP contribution in [-0.2, 0) is 0 Å². The number of aromatic carboxylic acids is 1. The molecule has 18 heavy (non-hydrogen) atoms. The van der Waals surface area contributed by atoms with E-state index in [0.717, 1.165) is 30.7 Å². The predicted octanol–water partition coefficient (Wildman–Crippen LogP) is 4.14. The third kappa shape index (κ3) is 2.89. The van der Waals surface area contributed by atoms with Gasteiger partial charge in [-0.3, -0.25) is 0 Å². The van der Waals surface area contributed by atoms with E-state index in [0.29, 0.717) is 5.56 Å². The topological polar surface area (TPSA) is 37.3 Å². The zero-order valence-corrected chi connectivity index (χ0v) is 10.4. The lowest BCUT2D eigenvalue weighted by atomic mass is 9.85. The summed E-state index contributed by atoms with van der Waals surface area (Å²) in [5, 5.41) is 8.86. The number of hydrogen-bond acceptors (Lipinski definition) is 1. The molecule has 2 rings (SSSR count). The van der Waals surface area contributed by atoms with Crippen molar-refractivity contribution in [2.24, 2.45) is 5.92 Å². The van der Waals surface area contributed by atoms with E-state index in [-0.39, 0.29) is 0 Å². The minimum atomic E-state index is -0.870. The molecule has 2 heteroatoms. The lowest BCUT2D eigenvalue weighted by Gasteiger charge is -2.21. The van der Waals surface area contributed by atoms with Gasteiger partial charge in [-0.15, -0.1) is 6.58 Å². The fraction of sp³-hybridized carbons (Fsp3) is 0.312. The smallest absolute Gasteiger partial charge is 0.335 e. The van der Waals surface area contributed by atoms with Crippen LogP contribution in [0.5, 0.6) is 0 Å². The fourth-order valence-corrected chi connectivity index (χ4v) is 2.43. The Morgan fingerprint density at radius 1 is 1.39 bits per heavy atom. The molecule has 1 aromatic carbocycles. The van der Waals surface area contributed by atoms with Crippen LogP contribution >= 0.6 is 0 Å². The van der Waals surface area contributed by atoms with Crippen LogP contribution in [0.3, 0.4) is 0 Å². The van der Waals surface area contributed by atoms with E-state index in [4.69, 9.17) is 5.11 Å². The van der Waals surface area contributed by atoms with Gasteiger partial charge in [-0.2, -0.15) is 0 Å². The quantitative estimate of drug-likeness (QED) is 0.805. The van der Waals surface area contributed by atoms with Crippen LogP contribution in [0.15, 0.2) is 43.0 Å². The van der Waals surface area contributed by atoms with Gasteiger partial charge in [-0.25, -0.2) is 4.79 Å². The summed E-state index contributed by atoms with van der Waals surface area (Å²) in [5.41, 5.74) is 2.84. The molecule has 0 bridgehead atoms. The molecule has 0 fully saturated rings. The van der Waals surface area contributed by atoms with Crippen molar-refractivity contribution in [1.82, 2.24) is 0 Å². The van der Waals surface area contributed by atoms with Crippen molar-refractivity contribution in [2.45, 2.75) is 25.7 Å². The van der Waals surface area contributed by atoms with Gasteiger partial charge in [-0.05, 0) is 54.9 Å². The average molecular weight is 242 g/mol. The van der Waals surface area contributed by atoms with Gasteiger partial charge in [0.1, 0.15) is 0 Å². The zero-order chi connectivity index (χ0) is 13.0. The predicted molar refractivity (Wildman–Crippen MR) is 73.5 cm³/mol. The number of rotatable bonds is 4. The number of carboxylic acids is 1. The maximum atomic E-state index is 10.8. The Kier molecular flexibility index (Phi) is 3.98. The second kappa shape index (κ2) is 5.67. The highest BCUT2D eigenvalue weighted by Gasteiger charge is 2.14. The number of allylic oxidation sites excluding steroid dienone is 3. The van der Waals surface area contributed by atoms with Gasteiger partial charge >= 0.3 is 5.97 Å². The second-order valence-corrected chi connectivity index (χ2v) is 4.78. The molecule has 0 saturated heterocycles. The highest BCUT2D eigenvalue weighted by Crippen LogP contribution is 2.31. The van der Waals surface area contributed by atoms with Crippen molar-refractivity contribution in [1.29, 1.82) is 0 Å². The molecule has 0 heterocycles. The van der Waals surface area contributed by atoms with E-state index in [1.165, 1.54) is 12.0 Å². The number of benzene rings is 1. The van der Waals surface area contributed by atoms with Crippen LogP contribution in [0.25, 0.3) is 5.57 Å². The molecule has 1 unspecified atom stereocenters. The molecule has 0 radical (unpaired) electrons. The van der Waals surface area contributed by atoms with Gasteiger partial charge in [0.25, 0.3) is 0 Å². The second-order valence-electron chi connectivity index (χ2n) is 4.78. The van der Waals surface area contributed by atoms with Gasteiger partial charge in [0.2, 0.25) is 0 Å². The Balaban J connectivity index is 2.08. The van der Waals surface area contributed by atoms with Crippen molar-refractivity contribution in [2.75, 3.05) is 0 Å². The van der Waals surface area contributed by atoms with Crippen molar-refractivity contribution in [3.8, 4) is 0 Å². The molecule has 0 aromatic heterocycles. The lowest BCUT2D eigenvalue weighted by molar-refractivity contribution is 0.0697. The van der Waals surface area contributed by atoms with E-state index < -0.39 is 5.97 Å². The summed E-state index contributed by atoms with van der Waals surface area (Å²) in [6.07, 6.45) is 8.73. The minimum absolute atomic E-state index is 0.347. The van der Waals surface area contributed by atoms with Crippen LogP contribution in [-0.4, -0.2) is 11.1 Å². The van der Waals surface area contributed by atoms with E-state index in [1.807, 2.05) is 18.2 Å². The van der Waals surface area contributed by atoms with Gasteiger partial charge in [0.15, 0.2) is 0 Å². The molecule has 2 nitrogen and oxygen atoms in total. The average Bonchev–Trinajstić information content (AvgIpc) is 2.40. The number of carboxylic acid groups (broad SMARTS) is 1. The Hall–Kier alpha value is -1.83. The third-order valence-electron chi connectivity index (χ3n) is 3.52. The van der Waals surface area contributed by atoms with Gasteiger partial charge in [0, 0.05) is 0 Å². The molecular weight excluding hydrogens is 224 g/mol. The summed E-state index contributed by atoms with van der Waals surface area (Å²) < 4.78 is 0. The molecule has 0 saturated carbocycles. The molecule has 94 valence electrons. The molecule has 0 amide bonds. The molecule has 1 atom stereocenters. The summed E-state index contributed by atoms with van der Waals surface area (Å²) in [4.78, 5) is 10.8. The normalized spacial score (nSPS) is 19.1. The van der Waals surface area contributed by atoms with Crippen LogP contribution in [0.4, 0.5) is 0 Å². The first kappa shape index (κ1) is 12.6. The van der Waals surface area contributed by atoms with E-state index in [2.05, 4.69) is 12.7 Å². The first-order valence-corrected chi connectivity index (χ1v) is 6.34. The molecule has 0 aliphatic heterocycles. The monoisotopic (exact) mass is 242 g/mol. The standard InChI is InChI=1S/C16H18O2/c1-2-3-12-4-6-13(7-5-12)14-8-10-15(11-9-14)16(17)18/h2,6,8-12H,1,3-5,7H2,(H,17,18). The highest BCUT2D eigenvalue weighted by atomic mass is 16.4. The molecule has 1 N–H and O–H groups in total. The molecule has 1 aromatic rings. The Morgan fingerprint density at radius 2 is 2.11 bits per heavy atom. The largest absolute Gasteiger partial charge is 0.478 e. The lowest BCUT2D eigenvalue weighted by Crippen LogP contribution is -2.04. The molecular formula is C16H18O2. The van der Waals surface area contributed by atoms with E-state index >= 15 is 0 Å². The maximum Gasteiger partial charge on any atom is 0.335 e. The van der Waals surface area contributed by atoms with Crippen LogP contribution in [0.1, 0.15) is 41.6 Å². The summed E-state index contributed by atoms with van der Waals surface area (Å²) in [6.45, 7) is 3.78. The van der Waals surface area contributed by atoms with Crippen molar-refractivity contribution < 1.29 is 9.90 Å². The molecule has 1 aliphatic carbocycles. The Bertz CT molecular complexity index is 468. The van der Waals surface area contributed by atoms with E-state index in [1.54, 1.807) is 12.1 Å². The van der Waals surface area contributed by atoms with Crippen molar-refractivity contribution >= 4 is 11.5 Å². The highest BCUT2D eigenvalue weighted by molar-refractivity contribution is 5.88. The van der Waals surface area contributed by atoms with Crippen LogP contribution < -0.4 is 0 Å². The van der Waals surface area contributed by atoms with Gasteiger partial charge < -0.3 is 5.11 Å². The first-order chi connectivity index (χ1) is 8.70. The van der Waals surface area contributed by atoms with Gasteiger partial charge in [0.05, 0.1) is 5.56 Å². The minimum Gasteiger partial charge on any atom is -0.478 e. The molecule has 0 spiro atoms. The Morgan fingerprint density at radius 3 is 2.61 bits per heavy atom. The summed E-state index contributed by atoms with van der Waals surface area (Å²) in [7, 11) is 0. The van der Waals surface area contributed by atoms with Crippen molar-refractivity contribution in [3.05, 3.63) is 54.1 Å². The SMILES string of the molecule is C=CCC1CC=C(c2ccc(C(=O)O)cc2)CC1. The summed E-state index contributed by atoms with van der Waals surface area (Å²) in [5.74, 6) is -0.144. The summed E-state index contributed by atoms with van der Waals surface area (Å²) >= 11 is 0. The van der Waals surface area contributed by atoms with Crippen LogP contribution in [0.2, 0.25) is 0 Å². The third-order valence-corrected chi connectivity index (χ3v) is 3.52. The first-order valence-electron chi connectivity index (χ1n) is 6.34. The molecule has 1 aliphatic rings. The fourth-order valence-electron chi connectivity index (χ4n) is 2.43. The van der Waals surface area contributed by atoms with Crippen molar-refractivity contribution in [3.63, 3.8) is 0 Å². The Labute approximate surface area is 108 Å². The maximum absolute atomic E-state index is 10.8. The zero-order valence-electron chi connectivity index (χ0n) is 10.4. The summed E-state index contributed by atoms with van der Waals surface area (Å²) in [6, 6.07) is 7.16. The van der Waals surface area contributed by atoms with Crippen LogP contribution in [0, 0.1) is 5.92 Å². The van der Waals surface area contributed by atoms with E-state index in [9.17, 15) is 4.79 Å².